The molecule has 0 amide bonds. The molecule has 1 N–H and O–H groups in total. The van der Waals surface area contributed by atoms with Crippen molar-refractivity contribution >= 4 is 17.3 Å². The third kappa shape index (κ3) is 3.67. The predicted octanol–water partition coefficient (Wildman–Crippen LogP) is 4.36. The number of hydrogen-bond acceptors (Lipinski definition) is 2. The van der Waals surface area contributed by atoms with Crippen molar-refractivity contribution in [3.8, 4) is 0 Å². The maximum Gasteiger partial charge on any atom is 0.0642 e. The minimum atomic E-state index is 0.745. The van der Waals surface area contributed by atoms with Gasteiger partial charge < -0.3 is 10.2 Å². The molecular formula is C17H25ClN2. The van der Waals surface area contributed by atoms with Gasteiger partial charge in [0.25, 0.3) is 0 Å². The van der Waals surface area contributed by atoms with Crippen LogP contribution in [0.2, 0.25) is 5.02 Å². The summed E-state index contributed by atoms with van der Waals surface area (Å²) in [5.74, 6) is 0. The van der Waals surface area contributed by atoms with E-state index < -0.39 is 0 Å². The van der Waals surface area contributed by atoms with Crippen LogP contribution in [0.25, 0.3) is 0 Å². The van der Waals surface area contributed by atoms with Crippen LogP contribution >= 0.6 is 11.6 Å². The molecule has 3 heteroatoms. The highest BCUT2D eigenvalue weighted by atomic mass is 35.5. The summed E-state index contributed by atoms with van der Waals surface area (Å²) in [5.41, 5.74) is 2.65. The molecule has 1 aliphatic heterocycles. The van der Waals surface area contributed by atoms with Crippen molar-refractivity contribution in [1.29, 1.82) is 0 Å². The van der Waals surface area contributed by atoms with Crippen molar-refractivity contribution in [3.05, 3.63) is 28.8 Å². The van der Waals surface area contributed by atoms with Gasteiger partial charge in [0.05, 0.1) is 10.7 Å². The second-order valence-electron chi connectivity index (χ2n) is 6.16. The van der Waals surface area contributed by atoms with Gasteiger partial charge in [-0.2, -0.15) is 0 Å². The van der Waals surface area contributed by atoms with Gasteiger partial charge in [0.15, 0.2) is 0 Å². The maximum absolute atomic E-state index is 6.52. The van der Waals surface area contributed by atoms with Gasteiger partial charge in [-0.25, -0.2) is 0 Å². The van der Waals surface area contributed by atoms with Crippen molar-refractivity contribution in [2.75, 3.05) is 18.0 Å². The van der Waals surface area contributed by atoms with E-state index in [1.54, 1.807) is 0 Å². The number of benzene rings is 1. The molecule has 1 aromatic rings. The van der Waals surface area contributed by atoms with Crippen molar-refractivity contribution in [1.82, 2.24) is 5.32 Å². The van der Waals surface area contributed by atoms with Crippen LogP contribution in [0.4, 0.5) is 5.69 Å². The fraction of sp³-hybridized carbons (Fsp3) is 0.647. The van der Waals surface area contributed by atoms with Gasteiger partial charge in [-0.05, 0) is 37.3 Å². The number of anilines is 1. The van der Waals surface area contributed by atoms with Crippen LogP contribution in [0.5, 0.6) is 0 Å². The number of nitrogens with one attached hydrogen (secondary N) is 1. The second-order valence-corrected chi connectivity index (χ2v) is 6.56. The van der Waals surface area contributed by atoms with E-state index in [4.69, 9.17) is 11.6 Å². The molecule has 2 aliphatic rings. The molecule has 1 saturated heterocycles. The Morgan fingerprint density at radius 2 is 1.75 bits per heavy atom. The minimum Gasteiger partial charge on any atom is -0.370 e. The summed E-state index contributed by atoms with van der Waals surface area (Å²) in [6.07, 6.45) is 9.36. The Bertz CT molecular complexity index is 435. The molecule has 0 atom stereocenters. The summed E-state index contributed by atoms with van der Waals surface area (Å²) in [6.45, 7) is 3.26. The second kappa shape index (κ2) is 6.82. The molecule has 1 aliphatic carbocycles. The molecule has 0 unspecified atom stereocenters. The molecular weight excluding hydrogens is 268 g/mol. The molecule has 3 rings (SSSR count). The van der Waals surface area contributed by atoms with Crippen LogP contribution in [0.1, 0.15) is 50.5 Å². The SMILES string of the molecule is Clc1cccc(CNC2CC2)c1N1CCCCCCC1. The Balaban J connectivity index is 1.77. The molecule has 1 heterocycles. The summed E-state index contributed by atoms with van der Waals surface area (Å²) in [6, 6.07) is 7.10. The molecule has 0 radical (unpaired) electrons. The highest BCUT2D eigenvalue weighted by Crippen LogP contribution is 2.32. The Morgan fingerprint density at radius 1 is 1.05 bits per heavy atom. The zero-order chi connectivity index (χ0) is 13.8. The number of rotatable bonds is 4. The third-order valence-corrected chi connectivity index (χ3v) is 4.71. The minimum absolute atomic E-state index is 0.745. The summed E-state index contributed by atoms with van der Waals surface area (Å²) < 4.78 is 0. The molecule has 0 bridgehead atoms. The molecule has 1 saturated carbocycles. The van der Waals surface area contributed by atoms with Crippen LogP contribution in [0.15, 0.2) is 18.2 Å². The van der Waals surface area contributed by atoms with Gasteiger partial charge in [-0.3, -0.25) is 0 Å². The molecule has 20 heavy (non-hydrogen) atoms. The Labute approximate surface area is 127 Å². The van der Waals surface area contributed by atoms with Crippen molar-refractivity contribution in [2.45, 2.75) is 57.5 Å². The van der Waals surface area contributed by atoms with E-state index in [0.717, 1.165) is 30.7 Å². The number of hydrogen-bond donors (Lipinski definition) is 1. The van der Waals surface area contributed by atoms with Gasteiger partial charge in [0.2, 0.25) is 0 Å². The Hall–Kier alpha value is -0.730. The summed E-state index contributed by atoms with van der Waals surface area (Å²) in [7, 11) is 0. The van der Waals surface area contributed by atoms with Crippen LogP contribution in [-0.4, -0.2) is 19.1 Å². The number of nitrogens with zero attached hydrogens (tertiary/aromatic N) is 1. The average molecular weight is 293 g/mol. The first kappa shape index (κ1) is 14.2. The van der Waals surface area contributed by atoms with E-state index in [1.165, 1.54) is 56.2 Å². The lowest BCUT2D eigenvalue weighted by molar-refractivity contribution is 0.554. The fourth-order valence-corrected chi connectivity index (χ4v) is 3.38. The van der Waals surface area contributed by atoms with Gasteiger partial charge in [0, 0.05) is 25.7 Å². The van der Waals surface area contributed by atoms with Gasteiger partial charge in [0.1, 0.15) is 0 Å². The van der Waals surface area contributed by atoms with E-state index in [0.29, 0.717) is 0 Å². The van der Waals surface area contributed by atoms with E-state index in [1.807, 2.05) is 6.07 Å². The lowest BCUT2D eigenvalue weighted by atomic mass is 10.1. The Morgan fingerprint density at radius 3 is 2.45 bits per heavy atom. The van der Waals surface area contributed by atoms with Crippen LogP contribution < -0.4 is 10.2 Å². The standard InChI is InChI=1S/C17H25ClN2/c18-16-8-6-7-14(13-19-15-9-10-15)17(16)20-11-4-2-1-3-5-12-20/h6-8,15,19H,1-5,9-13H2. The fourth-order valence-electron chi connectivity index (χ4n) is 3.07. The monoisotopic (exact) mass is 292 g/mol. The largest absolute Gasteiger partial charge is 0.370 e. The topological polar surface area (TPSA) is 15.3 Å². The lowest BCUT2D eigenvalue weighted by Gasteiger charge is -2.30. The summed E-state index contributed by atoms with van der Waals surface area (Å²) in [4.78, 5) is 2.52. The Kier molecular flexibility index (Phi) is 4.85. The predicted molar refractivity (Wildman–Crippen MR) is 86.6 cm³/mol. The molecule has 0 aromatic heterocycles. The first-order valence-electron chi connectivity index (χ1n) is 8.10. The van der Waals surface area contributed by atoms with Gasteiger partial charge in [-0.15, -0.1) is 0 Å². The molecule has 110 valence electrons. The van der Waals surface area contributed by atoms with Crippen molar-refractivity contribution in [3.63, 3.8) is 0 Å². The third-order valence-electron chi connectivity index (χ3n) is 4.40. The maximum atomic E-state index is 6.52. The van der Waals surface area contributed by atoms with E-state index >= 15 is 0 Å². The molecule has 2 fully saturated rings. The quantitative estimate of drug-likeness (QED) is 0.887. The van der Waals surface area contributed by atoms with Crippen LogP contribution in [-0.2, 0) is 6.54 Å². The molecule has 2 nitrogen and oxygen atoms in total. The average Bonchev–Trinajstić information content (AvgIpc) is 3.21. The zero-order valence-corrected chi connectivity index (χ0v) is 13.0. The van der Waals surface area contributed by atoms with E-state index in [-0.39, 0.29) is 0 Å². The van der Waals surface area contributed by atoms with Crippen LogP contribution in [0.3, 0.4) is 0 Å². The van der Waals surface area contributed by atoms with E-state index in [2.05, 4.69) is 22.3 Å². The first-order valence-corrected chi connectivity index (χ1v) is 8.48. The lowest BCUT2D eigenvalue weighted by Crippen LogP contribution is -2.29. The summed E-state index contributed by atoms with van der Waals surface area (Å²) >= 11 is 6.52. The normalized spacial score (nSPS) is 20.6. The smallest absolute Gasteiger partial charge is 0.0642 e. The highest BCUT2D eigenvalue weighted by Gasteiger charge is 2.22. The molecule has 1 aromatic carbocycles. The first-order chi connectivity index (χ1) is 9.84. The molecule has 0 spiro atoms. The van der Waals surface area contributed by atoms with Crippen LogP contribution in [0, 0.1) is 0 Å². The highest BCUT2D eigenvalue weighted by molar-refractivity contribution is 6.33. The van der Waals surface area contributed by atoms with Crippen molar-refractivity contribution in [2.24, 2.45) is 0 Å². The van der Waals surface area contributed by atoms with Gasteiger partial charge in [-0.1, -0.05) is 43.0 Å². The van der Waals surface area contributed by atoms with Crippen molar-refractivity contribution < 1.29 is 0 Å². The number of para-hydroxylation sites is 1. The van der Waals surface area contributed by atoms with Gasteiger partial charge >= 0.3 is 0 Å². The summed E-state index contributed by atoms with van der Waals surface area (Å²) in [5, 5.41) is 4.54. The zero-order valence-electron chi connectivity index (χ0n) is 12.2. The van der Waals surface area contributed by atoms with E-state index in [9.17, 15) is 0 Å². The number of halogens is 1.